The maximum Gasteiger partial charge on any atom is 0.494 e. The standard InChI is InChI=1S/C20H34BFN2O2/c1-9-24(15(2)13-23(7)8)14-16-10-11-17(12-18(16)22)21-25-19(3,4)20(5,6)26-21/h10-12,15H,9,13-14H2,1-8H3. The van der Waals surface area contributed by atoms with Crippen LogP contribution in [0, 0.1) is 5.82 Å². The highest BCUT2D eigenvalue weighted by molar-refractivity contribution is 6.62. The molecular weight excluding hydrogens is 330 g/mol. The van der Waals surface area contributed by atoms with Crippen molar-refractivity contribution < 1.29 is 13.7 Å². The van der Waals surface area contributed by atoms with Crippen LogP contribution in [0.1, 0.15) is 47.1 Å². The molecule has 1 fully saturated rings. The van der Waals surface area contributed by atoms with Crippen LogP contribution in [0.15, 0.2) is 18.2 Å². The number of hydrogen-bond donors (Lipinski definition) is 0. The van der Waals surface area contributed by atoms with Gasteiger partial charge in [-0.15, -0.1) is 0 Å². The van der Waals surface area contributed by atoms with Crippen molar-refractivity contribution >= 4 is 12.6 Å². The first-order chi connectivity index (χ1) is 12.0. The first-order valence-electron chi connectivity index (χ1n) is 9.49. The van der Waals surface area contributed by atoms with Crippen LogP contribution >= 0.6 is 0 Å². The largest absolute Gasteiger partial charge is 0.494 e. The second kappa shape index (κ2) is 7.97. The maximum absolute atomic E-state index is 14.8. The SMILES string of the molecule is CCN(Cc1ccc(B2OC(C)(C)C(C)(C)O2)cc1F)C(C)CN(C)C. The number of halogens is 1. The lowest BCUT2D eigenvalue weighted by Gasteiger charge is -2.32. The topological polar surface area (TPSA) is 24.9 Å². The van der Waals surface area contributed by atoms with Crippen LogP contribution in [-0.4, -0.2) is 61.3 Å². The van der Waals surface area contributed by atoms with Gasteiger partial charge in [-0.05, 0) is 66.8 Å². The van der Waals surface area contributed by atoms with Crippen molar-refractivity contribution in [2.45, 2.75) is 65.3 Å². The Balaban J connectivity index is 2.12. The zero-order chi connectivity index (χ0) is 19.7. The van der Waals surface area contributed by atoms with E-state index in [0.29, 0.717) is 18.2 Å². The van der Waals surface area contributed by atoms with E-state index >= 15 is 0 Å². The quantitative estimate of drug-likeness (QED) is 0.695. The molecule has 2 rings (SSSR count). The van der Waals surface area contributed by atoms with Crippen LogP contribution in [0.3, 0.4) is 0 Å². The lowest BCUT2D eigenvalue weighted by Crippen LogP contribution is -2.41. The van der Waals surface area contributed by atoms with E-state index in [1.165, 1.54) is 0 Å². The molecule has 6 heteroatoms. The first-order valence-corrected chi connectivity index (χ1v) is 9.49. The number of nitrogens with zero attached hydrogens (tertiary/aromatic N) is 2. The van der Waals surface area contributed by atoms with Gasteiger partial charge in [0.25, 0.3) is 0 Å². The number of hydrogen-bond acceptors (Lipinski definition) is 4. The number of benzene rings is 1. The lowest BCUT2D eigenvalue weighted by atomic mass is 9.78. The molecule has 0 saturated carbocycles. The van der Waals surface area contributed by atoms with Crippen LogP contribution in [-0.2, 0) is 15.9 Å². The van der Waals surface area contributed by atoms with Crippen LogP contribution in [0.25, 0.3) is 0 Å². The highest BCUT2D eigenvalue weighted by Gasteiger charge is 2.51. The summed E-state index contributed by atoms with van der Waals surface area (Å²) in [6, 6.07) is 5.70. The van der Waals surface area contributed by atoms with Crippen LogP contribution in [0.4, 0.5) is 4.39 Å². The van der Waals surface area contributed by atoms with Gasteiger partial charge in [0, 0.05) is 24.7 Å². The third-order valence-corrected chi connectivity index (χ3v) is 5.63. The molecular formula is C20H34BFN2O2. The average Bonchev–Trinajstić information content (AvgIpc) is 2.73. The highest BCUT2D eigenvalue weighted by atomic mass is 19.1. The van der Waals surface area contributed by atoms with E-state index < -0.39 is 18.3 Å². The van der Waals surface area contributed by atoms with Gasteiger partial charge in [0.15, 0.2) is 0 Å². The Kier molecular flexibility index (Phi) is 6.55. The fourth-order valence-electron chi connectivity index (χ4n) is 3.26. The summed E-state index contributed by atoms with van der Waals surface area (Å²) in [6.07, 6.45) is 0. The molecule has 1 atom stereocenters. The molecule has 0 amide bonds. The molecule has 146 valence electrons. The highest BCUT2D eigenvalue weighted by Crippen LogP contribution is 2.36. The summed E-state index contributed by atoms with van der Waals surface area (Å²) < 4.78 is 26.8. The summed E-state index contributed by atoms with van der Waals surface area (Å²) in [4.78, 5) is 4.44. The fourth-order valence-corrected chi connectivity index (χ4v) is 3.26. The minimum Gasteiger partial charge on any atom is -0.399 e. The van der Waals surface area contributed by atoms with Gasteiger partial charge in [-0.3, -0.25) is 4.90 Å². The van der Waals surface area contributed by atoms with Crippen molar-refractivity contribution in [1.82, 2.24) is 9.80 Å². The average molecular weight is 364 g/mol. The molecule has 0 spiro atoms. The Morgan fingerprint density at radius 3 is 2.15 bits per heavy atom. The predicted molar refractivity (Wildman–Crippen MR) is 106 cm³/mol. The molecule has 26 heavy (non-hydrogen) atoms. The zero-order valence-electron chi connectivity index (χ0n) is 17.6. The molecule has 4 nitrogen and oxygen atoms in total. The Morgan fingerprint density at radius 2 is 1.69 bits per heavy atom. The summed E-state index contributed by atoms with van der Waals surface area (Å²) in [7, 11) is 3.59. The van der Waals surface area contributed by atoms with Crippen LogP contribution in [0.2, 0.25) is 0 Å². The van der Waals surface area contributed by atoms with E-state index in [4.69, 9.17) is 9.31 Å². The Hall–Kier alpha value is -0.945. The Labute approximate surface area is 158 Å². The van der Waals surface area contributed by atoms with Crippen molar-refractivity contribution in [2.75, 3.05) is 27.2 Å². The lowest BCUT2D eigenvalue weighted by molar-refractivity contribution is 0.00578. The van der Waals surface area contributed by atoms with E-state index in [2.05, 4.69) is 37.7 Å². The van der Waals surface area contributed by atoms with Gasteiger partial charge in [-0.1, -0.05) is 19.1 Å². The van der Waals surface area contributed by atoms with Crippen molar-refractivity contribution in [2.24, 2.45) is 0 Å². The van der Waals surface area contributed by atoms with Gasteiger partial charge in [-0.25, -0.2) is 4.39 Å². The number of rotatable bonds is 7. The van der Waals surface area contributed by atoms with E-state index in [1.807, 2.05) is 39.8 Å². The molecule has 1 aromatic rings. The smallest absolute Gasteiger partial charge is 0.399 e. The summed E-state index contributed by atoms with van der Waals surface area (Å²) in [5.74, 6) is -0.201. The van der Waals surface area contributed by atoms with Crippen molar-refractivity contribution in [1.29, 1.82) is 0 Å². The fraction of sp³-hybridized carbons (Fsp3) is 0.700. The van der Waals surface area contributed by atoms with Crippen LogP contribution < -0.4 is 5.46 Å². The minimum atomic E-state index is -0.529. The molecule has 0 aliphatic carbocycles. The van der Waals surface area contributed by atoms with Gasteiger partial charge >= 0.3 is 7.12 Å². The molecule has 1 saturated heterocycles. The molecule has 0 radical (unpaired) electrons. The van der Waals surface area contributed by atoms with Crippen molar-refractivity contribution in [3.05, 3.63) is 29.6 Å². The van der Waals surface area contributed by atoms with Crippen LogP contribution in [0.5, 0.6) is 0 Å². The molecule has 1 unspecified atom stereocenters. The third-order valence-electron chi connectivity index (χ3n) is 5.63. The molecule has 0 bridgehead atoms. The second-order valence-electron chi connectivity index (χ2n) is 8.61. The van der Waals surface area contributed by atoms with E-state index in [9.17, 15) is 4.39 Å². The molecule has 1 aliphatic rings. The minimum absolute atomic E-state index is 0.201. The van der Waals surface area contributed by atoms with Gasteiger partial charge in [-0.2, -0.15) is 0 Å². The zero-order valence-corrected chi connectivity index (χ0v) is 17.6. The summed E-state index contributed by atoms with van der Waals surface area (Å²) in [5, 5.41) is 0. The van der Waals surface area contributed by atoms with Crippen molar-refractivity contribution in [3.63, 3.8) is 0 Å². The van der Waals surface area contributed by atoms with Gasteiger partial charge < -0.3 is 14.2 Å². The third kappa shape index (κ3) is 4.66. The van der Waals surface area contributed by atoms with E-state index in [-0.39, 0.29) is 5.82 Å². The number of likely N-dealkylation sites (N-methyl/N-ethyl adjacent to an activating group) is 2. The van der Waals surface area contributed by atoms with E-state index in [1.54, 1.807) is 6.07 Å². The Bertz CT molecular complexity index is 606. The predicted octanol–water partition coefficient (Wildman–Crippen LogP) is 2.90. The maximum atomic E-state index is 14.8. The summed E-state index contributed by atoms with van der Waals surface area (Å²) >= 11 is 0. The summed E-state index contributed by atoms with van der Waals surface area (Å²) in [5.41, 5.74) is 0.591. The van der Waals surface area contributed by atoms with Gasteiger partial charge in [0.2, 0.25) is 0 Å². The first kappa shape index (κ1) is 21.4. The molecule has 0 aromatic heterocycles. The Morgan fingerprint density at radius 1 is 1.12 bits per heavy atom. The molecule has 1 heterocycles. The second-order valence-corrected chi connectivity index (χ2v) is 8.61. The monoisotopic (exact) mass is 364 g/mol. The molecule has 1 aromatic carbocycles. The normalized spacial score (nSPS) is 20.2. The van der Waals surface area contributed by atoms with Gasteiger partial charge in [0.05, 0.1) is 11.2 Å². The van der Waals surface area contributed by atoms with Gasteiger partial charge in [0.1, 0.15) is 5.82 Å². The summed E-state index contributed by atoms with van der Waals surface area (Å²) in [6.45, 7) is 14.7. The molecule has 0 N–H and O–H groups in total. The molecule has 1 aliphatic heterocycles. The van der Waals surface area contributed by atoms with E-state index in [0.717, 1.165) is 18.6 Å². The van der Waals surface area contributed by atoms with Crippen molar-refractivity contribution in [3.8, 4) is 0 Å².